The number of ether oxygens (including phenoxy) is 1. The lowest BCUT2D eigenvalue weighted by atomic mass is 10.2. The molecule has 0 spiro atoms. The van der Waals surface area contributed by atoms with Crippen molar-refractivity contribution in [3.63, 3.8) is 0 Å². The molecule has 0 bridgehead atoms. The Bertz CT molecular complexity index is 852. The van der Waals surface area contributed by atoms with E-state index >= 15 is 0 Å². The van der Waals surface area contributed by atoms with E-state index in [1.165, 1.54) is 0 Å². The van der Waals surface area contributed by atoms with Crippen LogP contribution < -0.4 is 14.4 Å². The van der Waals surface area contributed by atoms with Gasteiger partial charge < -0.3 is 10.1 Å². The fourth-order valence-corrected chi connectivity index (χ4v) is 3.30. The highest BCUT2D eigenvalue weighted by Crippen LogP contribution is 2.21. The number of anilines is 1. The molecule has 0 saturated carbocycles. The van der Waals surface area contributed by atoms with Crippen LogP contribution in [0.1, 0.15) is 18.9 Å². The van der Waals surface area contributed by atoms with Crippen molar-refractivity contribution in [2.75, 3.05) is 23.7 Å². The second kappa shape index (κ2) is 9.62. The Morgan fingerprint density at radius 1 is 1.11 bits per heavy atom. The summed E-state index contributed by atoms with van der Waals surface area (Å²) in [6, 6.07) is 13.7. The van der Waals surface area contributed by atoms with E-state index in [9.17, 15) is 13.2 Å². The smallest absolute Gasteiger partial charge is 0.241 e. The number of benzene rings is 2. The van der Waals surface area contributed by atoms with E-state index in [0.717, 1.165) is 22.5 Å². The lowest BCUT2D eigenvalue weighted by Crippen LogP contribution is -2.40. The van der Waals surface area contributed by atoms with Crippen LogP contribution in [-0.2, 0) is 21.4 Å². The van der Waals surface area contributed by atoms with Crippen LogP contribution in [0.25, 0.3) is 0 Å². The molecule has 0 heterocycles. The van der Waals surface area contributed by atoms with Gasteiger partial charge in [0.05, 0.1) is 18.6 Å². The average Bonchev–Trinajstić information content (AvgIpc) is 2.63. The van der Waals surface area contributed by atoms with E-state index in [2.05, 4.69) is 5.32 Å². The SMILES string of the molecule is CCCOc1ccc(N(CC(=O)NCc2ccc(Cl)cc2)S(C)(=O)=O)cc1. The minimum absolute atomic E-state index is 0.289. The Labute approximate surface area is 165 Å². The molecule has 0 aliphatic rings. The van der Waals surface area contributed by atoms with Gasteiger partial charge in [0.25, 0.3) is 0 Å². The van der Waals surface area contributed by atoms with Gasteiger partial charge >= 0.3 is 0 Å². The second-order valence-corrected chi connectivity index (χ2v) is 8.36. The minimum atomic E-state index is -3.62. The molecule has 0 saturated heterocycles. The number of nitrogens with one attached hydrogen (secondary N) is 1. The normalized spacial score (nSPS) is 11.1. The zero-order valence-electron chi connectivity index (χ0n) is 15.3. The Hall–Kier alpha value is -2.25. The molecule has 0 aliphatic heterocycles. The summed E-state index contributed by atoms with van der Waals surface area (Å²) < 4.78 is 30.8. The van der Waals surface area contributed by atoms with Crippen molar-refractivity contribution in [3.8, 4) is 5.75 Å². The van der Waals surface area contributed by atoms with Crippen molar-refractivity contribution >= 4 is 33.2 Å². The molecule has 0 radical (unpaired) electrons. The third-order valence-electron chi connectivity index (χ3n) is 3.69. The molecule has 1 N–H and O–H groups in total. The van der Waals surface area contributed by atoms with E-state index in [0.29, 0.717) is 23.1 Å². The number of carbonyl (C=O) groups is 1. The standard InChI is InChI=1S/C19H23ClN2O4S/c1-3-12-26-18-10-8-17(9-11-18)22(27(2,24)25)14-19(23)21-13-15-4-6-16(20)7-5-15/h4-11H,3,12-14H2,1-2H3,(H,21,23). The maximum Gasteiger partial charge on any atom is 0.241 e. The lowest BCUT2D eigenvalue weighted by Gasteiger charge is -2.22. The first kappa shape index (κ1) is 21.1. The summed E-state index contributed by atoms with van der Waals surface area (Å²) in [5.74, 6) is 0.253. The molecule has 6 nitrogen and oxygen atoms in total. The summed E-state index contributed by atoms with van der Waals surface area (Å²) in [7, 11) is -3.62. The fourth-order valence-electron chi connectivity index (χ4n) is 2.32. The third-order valence-corrected chi connectivity index (χ3v) is 5.08. The van der Waals surface area contributed by atoms with Gasteiger partial charge in [-0.1, -0.05) is 30.7 Å². The summed E-state index contributed by atoms with van der Waals surface area (Å²) in [6.45, 7) is 2.57. The highest BCUT2D eigenvalue weighted by molar-refractivity contribution is 7.92. The molecule has 2 aromatic carbocycles. The molecule has 2 rings (SSSR count). The average molecular weight is 411 g/mol. The Balaban J connectivity index is 2.03. The molecule has 27 heavy (non-hydrogen) atoms. The van der Waals surface area contributed by atoms with Crippen LogP contribution in [0, 0.1) is 0 Å². The van der Waals surface area contributed by atoms with Crippen molar-refractivity contribution in [1.82, 2.24) is 5.32 Å². The van der Waals surface area contributed by atoms with E-state index in [4.69, 9.17) is 16.3 Å². The van der Waals surface area contributed by atoms with Crippen LogP contribution in [0.3, 0.4) is 0 Å². The maximum absolute atomic E-state index is 12.3. The summed E-state index contributed by atoms with van der Waals surface area (Å²) in [5.41, 5.74) is 1.28. The number of sulfonamides is 1. The largest absolute Gasteiger partial charge is 0.494 e. The predicted molar refractivity (Wildman–Crippen MR) is 108 cm³/mol. The molecule has 146 valence electrons. The van der Waals surface area contributed by atoms with Crippen molar-refractivity contribution in [2.45, 2.75) is 19.9 Å². The molecule has 0 aromatic heterocycles. The Morgan fingerprint density at radius 3 is 2.30 bits per heavy atom. The van der Waals surface area contributed by atoms with Crippen LogP contribution in [0.2, 0.25) is 5.02 Å². The van der Waals surface area contributed by atoms with Crippen molar-refractivity contribution < 1.29 is 17.9 Å². The van der Waals surface area contributed by atoms with E-state index in [-0.39, 0.29) is 13.1 Å². The summed E-state index contributed by atoms with van der Waals surface area (Å²) in [4.78, 5) is 12.3. The number of carbonyl (C=O) groups excluding carboxylic acids is 1. The van der Waals surface area contributed by atoms with Crippen molar-refractivity contribution in [2.24, 2.45) is 0 Å². The molecule has 2 aromatic rings. The first-order valence-electron chi connectivity index (χ1n) is 8.51. The van der Waals surface area contributed by atoms with E-state index < -0.39 is 15.9 Å². The summed E-state index contributed by atoms with van der Waals surface area (Å²) in [6.07, 6.45) is 1.95. The Morgan fingerprint density at radius 2 is 1.74 bits per heavy atom. The van der Waals surface area contributed by atoms with E-state index in [1.54, 1.807) is 48.5 Å². The second-order valence-electron chi connectivity index (χ2n) is 6.02. The highest BCUT2D eigenvalue weighted by atomic mass is 35.5. The van der Waals surface area contributed by atoms with Crippen molar-refractivity contribution in [3.05, 3.63) is 59.1 Å². The number of amides is 1. The minimum Gasteiger partial charge on any atom is -0.494 e. The molecule has 1 amide bonds. The molecule has 8 heteroatoms. The number of halogens is 1. The monoisotopic (exact) mass is 410 g/mol. The predicted octanol–water partition coefficient (Wildman–Crippen LogP) is 3.21. The molecular formula is C19H23ClN2O4S. The quantitative estimate of drug-likeness (QED) is 0.688. The molecule has 0 fully saturated rings. The van der Waals surface area contributed by atoms with Gasteiger partial charge in [-0.3, -0.25) is 9.10 Å². The Kier molecular flexibility index (Phi) is 7.50. The van der Waals surface area contributed by atoms with Crippen LogP contribution in [-0.4, -0.2) is 33.7 Å². The zero-order chi connectivity index (χ0) is 19.9. The first-order chi connectivity index (χ1) is 12.8. The molecule has 0 unspecified atom stereocenters. The van der Waals surface area contributed by atoms with E-state index in [1.807, 2.05) is 6.92 Å². The number of nitrogens with zero attached hydrogens (tertiary/aromatic N) is 1. The van der Waals surface area contributed by atoms with Gasteiger partial charge in [0.15, 0.2) is 0 Å². The third kappa shape index (κ3) is 6.77. The number of hydrogen-bond acceptors (Lipinski definition) is 4. The van der Waals surface area contributed by atoms with Gasteiger partial charge in [0, 0.05) is 11.6 Å². The number of hydrogen-bond donors (Lipinski definition) is 1. The molecule has 0 aliphatic carbocycles. The van der Waals surface area contributed by atoms with Crippen LogP contribution in [0.15, 0.2) is 48.5 Å². The van der Waals surface area contributed by atoms with Gasteiger partial charge in [-0.15, -0.1) is 0 Å². The van der Waals surface area contributed by atoms with Gasteiger partial charge in [0.2, 0.25) is 15.9 Å². The molecular weight excluding hydrogens is 388 g/mol. The first-order valence-corrected chi connectivity index (χ1v) is 10.7. The fraction of sp³-hybridized carbons (Fsp3) is 0.316. The van der Waals surface area contributed by atoms with Gasteiger partial charge in [-0.05, 0) is 48.4 Å². The van der Waals surface area contributed by atoms with Crippen LogP contribution in [0.5, 0.6) is 5.75 Å². The zero-order valence-corrected chi connectivity index (χ0v) is 16.9. The van der Waals surface area contributed by atoms with Gasteiger partial charge in [-0.2, -0.15) is 0 Å². The lowest BCUT2D eigenvalue weighted by molar-refractivity contribution is -0.119. The van der Waals surface area contributed by atoms with Gasteiger partial charge in [-0.25, -0.2) is 8.42 Å². The topological polar surface area (TPSA) is 75.7 Å². The van der Waals surface area contributed by atoms with Crippen LogP contribution in [0.4, 0.5) is 5.69 Å². The van der Waals surface area contributed by atoms with Crippen molar-refractivity contribution in [1.29, 1.82) is 0 Å². The highest BCUT2D eigenvalue weighted by Gasteiger charge is 2.20. The maximum atomic E-state index is 12.3. The number of rotatable bonds is 9. The molecule has 0 atom stereocenters. The summed E-state index contributed by atoms with van der Waals surface area (Å²) in [5, 5.41) is 3.33. The van der Waals surface area contributed by atoms with Crippen LogP contribution >= 0.6 is 11.6 Å². The summed E-state index contributed by atoms with van der Waals surface area (Å²) >= 11 is 5.83. The van der Waals surface area contributed by atoms with Gasteiger partial charge in [0.1, 0.15) is 12.3 Å².